The van der Waals surface area contributed by atoms with Crippen LogP contribution in [0, 0.1) is 0 Å². The number of anilines is 1. The third-order valence-electron chi connectivity index (χ3n) is 3.81. The maximum atomic E-state index is 12.2. The highest BCUT2D eigenvalue weighted by Crippen LogP contribution is 2.13. The van der Waals surface area contributed by atoms with Crippen molar-refractivity contribution in [2.24, 2.45) is 0 Å². The Balaban J connectivity index is 1.60. The zero-order valence-corrected chi connectivity index (χ0v) is 14.7. The van der Waals surface area contributed by atoms with E-state index in [0.29, 0.717) is 10.7 Å². The summed E-state index contributed by atoms with van der Waals surface area (Å²) < 4.78 is 0. The van der Waals surface area contributed by atoms with E-state index >= 15 is 0 Å². The van der Waals surface area contributed by atoms with Gasteiger partial charge in [0, 0.05) is 31.0 Å². The lowest BCUT2D eigenvalue weighted by Crippen LogP contribution is -2.22. The highest BCUT2D eigenvalue weighted by atomic mass is 32.1. The first-order valence-corrected chi connectivity index (χ1v) is 8.90. The van der Waals surface area contributed by atoms with Crippen LogP contribution in [0.1, 0.15) is 28.4 Å². The van der Waals surface area contributed by atoms with Gasteiger partial charge in [0.25, 0.3) is 5.91 Å². The van der Waals surface area contributed by atoms with Gasteiger partial charge in [-0.05, 0) is 41.9 Å². The SMILES string of the molecule is CCN(Cc1ccncc1)Cc1ccc(C(=O)Nc2nncs2)cc1. The molecule has 128 valence electrons. The summed E-state index contributed by atoms with van der Waals surface area (Å²) in [6.45, 7) is 4.79. The second-order valence-corrected chi connectivity index (χ2v) is 6.39. The van der Waals surface area contributed by atoms with Crippen LogP contribution >= 0.6 is 11.3 Å². The summed E-state index contributed by atoms with van der Waals surface area (Å²) in [6, 6.07) is 11.7. The van der Waals surface area contributed by atoms with Crippen LogP contribution in [0.5, 0.6) is 0 Å². The van der Waals surface area contributed by atoms with E-state index in [1.807, 2.05) is 48.8 Å². The first kappa shape index (κ1) is 17.2. The third kappa shape index (κ3) is 4.91. The average Bonchev–Trinajstić information content (AvgIpc) is 3.15. The van der Waals surface area contributed by atoms with E-state index in [4.69, 9.17) is 0 Å². The Hall–Kier alpha value is -2.64. The molecule has 0 spiro atoms. The van der Waals surface area contributed by atoms with Crippen molar-refractivity contribution in [3.63, 3.8) is 0 Å². The first-order chi connectivity index (χ1) is 12.2. The summed E-state index contributed by atoms with van der Waals surface area (Å²) in [6.07, 6.45) is 3.63. The number of carbonyl (C=O) groups is 1. The Bertz CT molecular complexity index is 790. The Kier molecular flexibility index (Phi) is 5.81. The van der Waals surface area contributed by atoms with Crippen molar-refractivity contribution in [3.05, 3.63) is 71.0 Å². The zero-order chi connectivity index (χ0) is 17.5. The highest BCUT2D eigenvalue weighted by molar-refractivity contribution is 7.13. The minimum Gasteiger partial charge on any atom is -0.296 e. The molecule has 6 nitrogen and oxygen atoms in total. The van der Waals surface area contributed by atoms with Gasteiger partial charge in [-0.2, -0.15) is 0 Å². The molecule has 0 radical (unpaired) electrons. The molecule has 3 aromatic rings. The Morgan fingerprint density at radius 1 is 1.08 bits per heavy atom. The molecule has 2 heterocycles. The maximum Gasteiger partial charge on any atom is 0.257 e. The monoisotopic (exact) mass is 353 g/mol. The molecular weight excluding hydrogens is 334 g/mol. The number of nitrogens with zero attached hydrogens (tertiary/aromatic N) is 4. The van der Waals surface area contributed by atoms with Gasteiger partial charge in [0.15, 0.2) is 0 Å². The van der Waals surface area contributed by atoms with Crippen molar-refractivity contribution in [1.82, 2.24) is 20.1 Å². The number of aromatic nitrogens is 3. The lowest BCUT2D eigenvalue weighted by atomic mass is 10.1. The predicted molar refractivity (Wildman–Crippen MR) is 98.3 cm³/mol. The number of hydrogen-bond acceptors (Lipinski definition) is 6. The zero-order valence-electron chi connectivity index (χ0n) is 13.9. The fourth-order valence-corrected chi connectivity index (χ4v) is 2.88. The molecule has 1 aromatic carbocycles. The van der Waals surface area contributed by atoms with E-state index in [-0.39, 0.29) is 5.91 Å². The summed E-state index contributed by atoms with van der Waals surface area (Å²) in [5.41, 5.74) is 4.60. The van der Waals surface area contributed by atoms with Gasteiger partial charge in [-0.3, -0.25) is 20.0 Å². The van der Waals surface area contributed by atoms with Crippen molar-refractivity contribution >= 4 is 22.4 Å². The summed E-state index contributed by atoms with van der Waals surface area (Å²) >= 11 is 1.30. The van der Waals surface area contributed by atoms with Crippen LogP contribution in [0.3, 0.4) is 0 Å². The normalized spacial score (nSPS) is 10.8. The van der Waals surface area contributed by atoms with E-state index in [2.05, 4.69) is 32.3 Å². The van der Waals surface area contributed by atoms with Crippen LogP contribution < -0.4 is 5.32 Å². The molecule has 7 heteroatoms. The van der Waals surface area contributed by atoms with E-state index < -0.39 is 0 Å². The van der Waals surface area contributed by atoms with Gasteiger partial charge in [0.1, 0.15) is 5.51 Å². The van der Waals surface area contributed by atoms with E-state index in [1.165, 1.54) is 22.5 Å². The second-order valence-electron chi connectivity index (χ2n) is 5.55. The molecular formula is C18H19N5OS. The summed E-state index contributed by atoms with van der Waals surface area (Å²) in [5.74, 6) is -0.174. The van der Waals surface area contributed by atoms with Gasteiger partial charge in [0.2, 0.25) is 5.13 Å². The number of pyridine rings is 1. The Morgan fingerprint density at radius 3 is 2.36 bits per heavy atom. The van der Waals surface area contributed by atoms with Crippen molar-refractivity contribution in [1.29, 1.82) is 0 Å². The van der Waals surface area contributed by atoms with E-state index in [1.54, 1.807) is 5.51 Å². The molecule has 2 aromatic heterocycles. The number of benzene rings is 1. The lowest BCUT2D eigenvalue weighted by molar-refractivity contribution is 0.102. The van der Waals surface area contributed by atoms with Crippen LogP contribution in [0.25, 0.3) is 0 Å². The van der Waals surface area contributed by atoms with Crippen LogP contribution in [-0.2, 0) is 13.1 Å². The molecule has 0 saturated heterocycles. The molecule has 1 N–H and O–H groups in total. The minimum absolute atomic E-state index is 0.174. The van der Waals surface area contributed by atoms with Gasteiger partial charge in [0.05, 0.1) is 0 Å². The van der Waals surface area contributed by atoms with Crippen molar-refractivity contribution in [2.45, 2.75) is 20.0 Å². The number of hydrogen-bond donors (Lipinski definition) is 1. The van der Waals surface area contributed by atoms with Crippen molar-refractivity contribution in [3.8, 4) is 0 Å². The topological polar surface area (TPSA) is 71.0 Å². The predicted octanol–water partition coefficient (Wildman–Crippen LogP) is 3.21. The quantitative estimate of drug-likeness (QED) is 0.706. The number of rotatable bonds is 7. The number of nitrogens with one attached hydrogen (secondary N) is 1. The van der Waals surface area contributed by atoms with Crippen LogP contribution in [0.15, 0.2) is 54.3 Å². The largest absolute Gasteiger partial charge is 0.296 e. The number of amides is 1. The molecule has 0 atom stereocenters. The fourth-order valence-electron chi connectivity index (χ4n) is 2.44. The van der Waals surface area contributed by atoms with Crippen LogP contribution in [0.2, 0.25) is 0 Å². The van der Waals surface area contributed by atoms with Gasteiger partial charge in [-0.25, -0.2) is 0 Å². The molecule has 0 bridgehead atoms. The van der Waals surface area contributed by atoms with Crippen molar-refractivity contribution in [2.75, 3.05) is 11.9 Å². The molecule has 0 aliphatic rings. The van der Waals surface area contributed by atoms with Gasteiger partial charge < -0.3 is 0 Å². The molecule has 0 unspecified atom stereocenters. The fraction of sp³-hybridized carbons (Fsp3) is 0.222. The smallest absolute Gasteiger partial charge is 0.257 e. The number of carbonyl (C=O) groups excluding carboxylic acids is 1. The van der Waals surface area contributed by atoms with Crippen LogP contribution in [0.4, 0.5) is 5.13 Å². The standard InChI is InChI=1S/C18H19N5OS/c1-2-23(12-15-7-9-19-10-8-15)11-14-3-5-16(6-4-14)17(24)21-18-22-20-13-25-18/h3-10,13H,2,11-12H2,1H3,(H,21,22,24). The Morgan fingerprint density at radius 2 is 1.76 bits per heavy atom. The summed E-state index contributed by atoms with van der Waals surface area (Å²) in [7, 11) is 0. The summed E-state index contributed by atoms with van der Waals surface area (Å²) in [4.78, 5) is 18.5. The molecule has 25 heavy (non-hydrogen) atoms. The van der Waals surface area contributed by atoms with Gasteiger partial charge in [-0.15, -0.1) is 10.2 Å². The molecule has 0 fully saturated rings. The van der Waals surface area contributed by atoms with Crippen LogP contribution in [-0.4, -0.2) is 32.5 Å². The molecule has 0 saturated carbocycles. The first-order valence-electron chi connectivity index (χ1n) is 8.02. The second kappa shape index (κ2) is 8.46. The minimum atomic E-state index is -0.174. The third-order valence-corrected chi connectivity index (χ3v) is 4.41. The van der Waals surface area contributed by atoms with E-state index in [0.717, 1.165) is 19.6 Å². The van der Waals surface area contributed by atoms with Gasteiger partial charge in [-0.1, -0.05) is 30.4 Å². The van der Waals surface area contributed by atoms with Gasteiger partial charge >= 0.3 is 0 Å². The molecule has 0 aliphatic heterocycles. The van der Waals surface area contributed by atoms with Crippen molar-refractivity contribution < 1.29 is 4.79 Å². The lowest BCUT2D eigenvalue weighted by Gasteiger charge is -2.20. The Labute approximate surface area is 150 Å². The molecule has 0 aliphatic carbocycles. The molecule has 1 amide bonds. The summed E-state index contributed by atoms with van der Waals surface area (Å²) in [5, 5.41) is 10.8. The molecule has 3 rings (SSSR count). The van der Waals surface area contributed by atoms with E-state index in [9.17, 15) is 4.79 Å². The highest BCUT2D eigenvalue weighted by Gasteiger charge is 2.09. The maximum absolute atomic E-state index is 12.2. The average molecular weight is 353 g/mol.